The molecule has 4 aliphatic rings. The highest BCUT2D eigenvalue weighted by molar-refractivity contribution is 5.36. The van der Waals surface area contributed by atoms with Crippen molar-refractivity contribution in [1.82, 2.24) is 5.32 Å². The van der Waals surface area contributed by atoms with Crippen molar-refractivity contribution in [2.75, 3.05) is 6.54 Å². The van der Waals surface area contributed by atoms with Crippen LogP contribution in [-0.4, -0.2) is 12.1 Å². The molecule has 4 saturated carbocycles. The summed E-state index contributed by atoms with van der Waals surface area (Å²) in [5.74, 6) is 3.78. The zero-order valence-corrected chi connectivity index (χ0v) is 15.9. The smallest absolute Gasteiger partial charge is 0.0189 e. The molecule has 132 valence electrons. The van der Waals surface area contributed by atoms with Crippen molar-refractivity contribution in [2.24, 2.45) is 17.8 Å². The normalized spacial score (nSPS) is 34.2. The van der Waals surface area contributed by atoms with Crippen molar-refractivity contribution in [3.63, 3.8) is 0 Å². The number of hydrogen-bond donors (Lipinski definition) is 1. The summed E-state index contributed by atoms with van der Waals surface area (Å²) in [6.07, 6.45) is 11.6. The highest BCUT2D eigenvalue weighted by Gasteiger charge is 2.50. The minimum absolute atomic E-state index is 0.529. The molecular formula is C23H35N. The van der Waals surface area contributed by atoms with Crippen molar-refractivity contribution in [3.05, 3.63) is 34.9 Å². The van der Waals surface area contributed by atoms with E-state index in [9.17, 15) is 0 Å². The zero-order valence-electron chi connectivity index (χ0n) is 15.9. The minimum Gasteiger partial charge on any atom is -0.311 e. The van der Waals surface area contributed by atoms with E-state index in [1.807, 2.05) is 0 Å². The number of rotatable bonds is 6. The van der Waals surface area contributed by atoms with Crippen molar-refractivity contribution < 1.29 is 0 Å². The molecular weight excluding hydrogens is 290 g/mol. The molecule has 1 N–H and O–H groups in total. The van der Waals surface area contributed by atoms with Crippen molar-refractivity contribution in [2.45, 2.75) is 83.6 Å². The molecule has 0 amide bonds. The molecule has 4 aliphatic carbocycles. The molecule has 1 nitrogen and oxygen atoms in total. The van der Waals surface area contributed by atoms with Gasteiger partial charge in [0.05, 0.1) is 0 Å². The van der Waals surface area contributed by atoms with E-state index in [0.29, 0.717) is 11.5 Å². The van der Waals surface area contributed by atoms with Crippen LogP contribution in [0.15, 0.2) is 18.2 Å². The molecule has 1 heteroatoms. The zero-order chi connectivity index (χ0) is 16.7. The van der Waals surface area contributed by atoms with Gasteiger partial charge in [-0.1, -0.05) is 32.0 Å². The molecule has 4 bridgehead atoms. The summed E-state index contributed by atoms with van der Waals surface area (Å²) in [7, 11) is 0. The lowest BCUT2D eigenvalue weighted by Crippen LogP contribution is -2.58. The van der Waals surface area contributed by atoms with Crippen LogP contribution in [0.5, 0.6) is 0 Å². The number of hydrogen-bond acceptors (Lipinski definition) is 1. The minimum atomic E-state index is 0.529. The molecule has 1 aromatic carbocycles. The van der Waals surface area contributed by atoms with Gasteiger partial charge in [0, 0.05) is 5.54 Å². The van der Waals surface area contributed by atoms with Crippen LogP contribution < -0.4 is 5.32 Å². The third-order valence-corrected chi connectivity index (χ3v) is 7.21. The van der Waals surface area contributed by atoms with Crippen LogP contribution in [-0.2, 0) is 6.42 Å². The molecule has 0 unspecified atom stereocenters. The van der Waals surface area contributed by atoms with E-state index < -0.39 is 0 Å². The van der Waals surface area contributed by atoms with Gasteiger partial charge in [0.1, 0.15) is 0 Å². The Kier molecular flexibility index (Phi) is 4.49. The van der Waals surface area contributed by atoms with E-state index in [1.54, 1.807) is 30.4 Å². The van der Waals surface area contributed by atoms with Crippen molar-refractivity contribution in [1.29, 1.82) is 0 Å². The Morgan fingerprint density at radius 2 is 1.67 bits per heavy atom. The summed E-state index contributed by atoms with van der Waals surface area (Å²) in [6.45, 7) is 8.14. The largest absolute Gasteiger partial charge is 0.311 e. The summed E-state index contributed by atoms with van der Waals surface area (Å²) < 4.78 is 0. The molecule has 0 aromatic heterocycles. The van der Waals surface area contributed by atoms with Crippen LogP contribution in [0.4, 0.5) is 0 Å². The van der Waals surface area contributed by atoms with Gasteiger partial charge in [-0.25, -0.2) is 0 Å². The van der Waals surface area contributed by atoms with Gasteiger partial charge in [-0.15, -0.1) is 0 Å². The predicted molar refractivity (Wildman–Crippen MR) is 102 cm³/mol. The van der Waals surface area contributed by atoms with Gasteiger partial charge < -0.3 is 5.32 Å². The van der Waals surface area contributed by atoms with E-state index in [0.717, 1.165) is 17.8 Å². The van der Waals surface area contributed by atoms with Crippen LogP contribution in [0, 0.1) is 24.7 Å². The lowest BCUT2D eigenvalue weighted by atomic mass is 9.53. The summed E-state index contributed by atoms with van der Waals surface area (Å²) in [4.78, 5) is 0. The van der Waals surface area contributed by atoms with Crippen LogP contribution in [0.1, 0.15) is 81.4 Å². The van der Waals surface area contributed by atoms with Crippen molar-refractivity contribution in [3.8, 4) is 0 Å². The molecule has 0 heterocycles. The molecule has 0 aliphatic heterocycles. The maximum absolute atomic E-state index is 4.07. The third-order valence-electron chi connectivity index (χ3n) is 7.21. The van der Waals surface area contributed by atoms with E-state index in [4.69, 9.17) is 0 Å². The van der Waals surface area contributed by atoms with Gasteiger partial charge in [-0.3, -0.25) is 0 Å². The van der Waals surface area contributed by atoms with E-state index in [1.165, 1.54) is 44.2 Å². The fraction of sp³-hybridized carbons (Fsp3) is 0.739. The fourth-order valence-electron chi connectivity index (χ4n) is 6.55. The second kappa shape index (κ2) is 6.48. The van der Waals surface area contributed by atoms with Gasteiger partial charge in [-0.05, 0) is 105 Å². The average Bonchev–Trinajstić information content (AvgIpc) is 2.51. The first-order chi connectivity index (χ1) is 11.5. The molecule has 0 saturated heterocycles. The van der Waals surface area contributed by atoms with Gasteiger partial charge in [0.15, 0.2) is 0 Å². The van der Waals surface area contributed by atoms with E-state index in [2.05, 4.69) is 44.3 Å². The van der Waals surface area contributed by atoms with Crippen LogP contribution in [0.3, 0.4) is 0 Å². The topological polar surface area (TPSA) is 12.0 Å². The molecule has 0 radical (unpaired) electrons. The first-order valence-corrected chi connectivity index (χ1v) is 10.4. The Balaban J connectivity index is 1.34. The van der Waals surface area contributed by atoms with Gasteiger partial charge in [0.25, 0.3) is 0 Å². The number of benzene rings is 1. The summed E-state index contributed by atoms with van der Waals surface area (Å²) in [5.41, 5.74) is 5.18. The predicted octanol–water partition coefficient (Wildman–Crippen LogP) is 5.61. The first-order valence-electron chi connectivity index (χ1n) is 10.4. The molecule has 1 aromatic rings. The molecule has 5 rings (SSSR count). The lowest BCUT2D eigenvalue weighted by molar-refractivity contribution is -0.0195. The van der Waals surface area contributed by atoms with Crippen LogP contribution >= 0.6 is 0 Å². The maximum Gasteiger partial charge on any atom is 0.0189 e. The van der Waals surface area contributed by atoms with Gasteiger partial charge in [-0.2, -0.15) is 0 Å². The lowest BCUT2D eigenvalue weighted by Gasteiger charge is -2.57. The number of aryl methyl sites for hydroxylation is 1. The SMILES string of the molecule is Cc1cccc(C(C)C)c1CCCNC12CC3CC(CC(C3)C1)C2. The molecule has 4 fully saturated rings. The Labute approximate surface area is 148 Å². The van der Waals surface area contributed by atoms with E-state index >= 15 is 0 Å². The molecule has 0 spiro atoms. The third kappa shape index (κ3) is 3.17. The summed E-state index contributed by atoms with van der Waals surface area (Å²) in [5, 5.41) is 4.07. The Hall–Kier alpha value is -0.820. The van der Waals surface area contributed by atoms with E-state index in [-0.39, 0.29) is 0 Å². The van der Waals surface area contributed by atoms with Gasteiger partial charge in [0.2, 0.25) is 0 Å². The Morgan fingerprint density at radius 3 is 2.25 bits per heavy atom. The highest BCUT2D eigenvalue weighted by Crippen LogP contribution is 2.55. The van der Waals surface area contributed by atoms with Crippen LogP contribution in [0.25, 0.3) is 0 Å². The van der Waals surface area contributed by atoms with Crippen molar-refractivity contribution >= 4 is 0 Å². The van der Waals surface area contributed by atoms with Gasteiger partial charge >= 0.3 is 0 Å². The second-order valence-electron chi connectivity index (χ2n) is 9.53. The Bertz CT molecular complexity index is 550. The molecule has 24 heavy (non-hydrogen) atoms. The van der Waals surface area contributed by atoms with Crippen LogP contribution in [0.2, 0.25) is 0 Å². The monoisotopic (exact) mass is 325 g/mol. The fourth-order valence-corrected chi connectivity index (χ4v) is 6.55. The maximum atomic E-state index is 4.07. The summed E-state index contributed by atoms with van der Waals surface area (Å²) in [6, 6.07) is 6.84. The molecule has 0 atom stereocenters. The quantitative estimate of drug-likeness (QED) is 0.670. The first kappa shape index (κ1) is 16.6. The summed E-state index contributed by atoms with van der Waals surface area (Å²) >= 11 is 0. The number of nitrogens with one attached hydrogen (secondary N) is 1. The highest BCUT2D eigenvalue weighted by atomic mass is 15.0. The average molecular weight is 326 g/mol. The Morgan fingerprint density at radius 1 is 1.04 bits per heavy atom. The second-order valence-corrected chi connectivity index (χ2v) is 9.53. The standard InChI is InChI=1S/C23H35N/c1-16(2)21-7-4-6-17(3)22(21)8-5-9-24-23-13-18-10-19(14-23)12-20(11-18)15-23/h4,6-7,16,18-20,24H,5,8-15H2,1-3H3.